The van der Waals surface area contributed by atoms with Gasteiger partial charge in [0, 0.05) is 17.0 Å². The molecule has 3 nitrogen and oxygen atoms in total. The molecule has 0 amide bonds. The number of hydrogen-bond acceptors (Lipinski definition) is 3. The van der Waals surface area contributed by atoms with E-state index in [2.05, 4.69) is 12.1 Å². The second-order valence-corrected chi connectivity index (χ2v) is 6.03. The van der Waals surface area contributed by atoms with Gasteiger partial charge >= 0.3 is 0 Å². The van der Waals surface area contributed by atoms with Crippen LogP contribution in [-0.2, 0) is 6.61 Å². The maximum atomic E-state index is 5.85. The summed E-state index contributed by atoms with van der Waals surface area (Å²) in [6.45, 7) is 0.558. The van der Waals surface area contributed by atoms with Gasteiger partial charge in [-0.3, -0.25) is 0 Å². The highest BCUT2D eigenvalue weighted by molar-refractivity contribution is 5.87. The molecule has 0 atom stereocenters. The minimum atomic E-state index is 0.558. The molecule has 4 aromatic rings. The Bertz CT molecular complexity index is 1010. The van der Waals surface area contributed by atoms with E-state index in [0.29, 0.717) is 6.61 Å². The molecule has 26 heavy (non-hydrogen) atoms. The zero-order chi connectivity index (χ0) is 17.8. The Labute approximate surface area is 152 Å². The van der Waals surface area contributed by atoms with Gasteiger partial charge in [-0.25, -0.2) is 4.98 Å². The average Bonchev–Trinajstić information content (AvgIpc) is 2.72. The first-order valence-corrected chi connectivity index (χ1v) is 8.54. The number of pyridine rings is 1. The molecule has 0 spiro atoms. The maximum Gasteiger partial charge on any atom is 0.130 e. The lowest BCUT2D eigenvalue weighted by molar-refractivity contribution is 0.306. The van der Waals surface area contributed by atoms with Crippen molar-refractivity contribution >= 4 is 10.9 Å². The summed E-state index contributed by atoms with van der Waals surface area (Å²) in [5.41, 5.74) is 3.99. The largest absolute Gasteiger partial charge is 0.496 e. The fourth-order valence-corrected chi connectivity index (χ4v) is 2.92. The summed E-state index contributed by atoms with van der Waals surface area (Å²) in [4.78, 5) is 4.76. The van der Waals surface area contributed by atoms with Gasteiger partial charge in [0.05, 0.1) is 18.3 Å². The summed E-state index contributed by atoms with van der Waals surface area (Å²) in [6, 6.07) is 28.1. The van der Waals surface area contributed by atoms with E-state index < -0.39 is 0 Å². The Morgan fingerprint density at radius 3 is 2.31 bits per heavy atom. The summed E-state index contributed by atoms with van der Waals surface area (Å²) in [7, 11) is 1.69. The van der Waals surface area contributed by atoms with E-state index in [0.717, 1.165) is 39.2 Å². The molecule has 3 aromatic carbocycles. The van der Waals surface area contributed by atoms with E-state index in [1.165, 1.54) is 0 Å². The van der Waals surface area contributed by atoms with E-state index in [4.69, 9.17) is 14.5 Å². The van der Waals surface area contributed by atoms with Crippen molar-refractivity contribution < 1.29 is 9.47 Å². The van der Waals surface area contributed by atoms with Gasteiger partial charge in [-0.05, 0) is 42.0 Å². The molecule has 0 aliphatic rings. The summed E-state index contributed by atoms with van der Waals surface area (Å²) in [5, 5.41) is 1.02. The molecule has 0 saturated heterocycles. The van der Waals surface area contributed by atoms with Crippen LogP contribution in [-0.4, -0.2) is 12.1 Å². The lowest BCUT2D eigenvalue weighted by Gasteiger charge is -2.10. The monoisotopic (exact) mass is 341 g/mol. The van der Waals surface area contributed by atoms with E-state index >= 15 is 0 Å². The fraction of sp³-hybridized carbons (Fsp3) is 0.0870. The Kier molecular flexibility index (Phi) is 4.52. The van der Waals surface area contributed by atoms with Gasteiger partial charge in [-0.15, -0.1) is 0 Å². The molecule has 0 aliphatic heterocycles. The summed E-state index contributed by atoms with van der Waals surface area (Å²) in [6.07, 6.45) is 0. The Balaban J connectivity index is 1.58. The molecule has 3 heteroatoms. The molecule has 1 aromatic heterocycles. The second-order valence-electron chi connectivity index (χ2n) is 6.03. The molecule has 1 heterocycles. The number of benzene rings is 3. The third-order valence-corrected chi connectivity index (χ3v) is 4.30. The van der Waals surface area contributed by atoms with Crippen molar-refractivity contribution in [2.75, 3.05) is 7.11 Å². The van der Waals surface area contributed by atoms with Crippen LogP contribution in [0.4, 0.5) is 0 Å². The molecule has 0 N–H and O–H groups in total. The van der Waals surface area contributed by atoms with Crippen LogP contribution in [0.2, 0.25) is 0 Å². The predicted octanol–water partition coefficient (Wildman–Crippen LogP) is 5.49. The van der Waals surface area contributed by atoms with Gasteiger partial charge in [0.25, 0.3) is 0 Å². The molecule has 0 saturated carbocycles. The van der Waals surface area contributed by atoms with E-state index in [-0.39, 0.29) is 0 Å². The highest BCUT2D eigenvalue weighted by Crippen LogP contribution is 2.30. The SMILES string of the molecule is COc1cc(-c2ccc(OCc3ccccc3)cc2)nc2ccccc12. The summed E-state index contributed by atoms with van der Waals surface area (Å²) in [5.74, 6) is 1.67. The zero-order valence-corrected chi connectivity index (χ0v) is 14.6. The number of ether oxygens (including phenoxy) is 2. The third-order valence-electron chi connectivity index (χ3n) is 4.30. The van der Waals surface area contributed by atoms with Crippen LogP contribution in [0.1, 0.15) is 5.56 Å². The standard InChI is InChI=1S/C23H19NO2/c1-25-23-15-22(24-21-10-6-5-9-20(21)23)18-11-13-19(14-12-18)26-16-17-7-3-2-4-8-17/h2-15H,16H2,1H3. The predicted molar refractivity (Wildman–Crippen MR) is 105 cm³/mol. The lowest BCUT2D eigenvalue weighted by atomic mass is 10.1. The van der Waals surface area contributed by atoms with E-state index in [9.17, 15) is 0 Å². The highest BCUT2D eigenvalue weighted by Gasteiger charge is 2.08. The molecule has 4 rings (SSSR count). The van der Waals surface area contributed by atoms with Crippen LogP contribution in [0.3, 0.4) is 0 Å². The molecule has 128 valence electrons. The van der Waals surface area contributed by atoms with Crippen LogP contribution in [0.25, 0.3) is 22.2 Å². The van der Waals surface area contributed by atoms with Gasteiger partial charge in [0.1, 0.15) is 18.1 Å². The number of fused-ring (bicyclic) bond motifs is 1. The highest BCUT2D eigenvalue weighted by atomic mass is 16.5. The minimum absolute atomic E-state index is 0.558. The van der Waals surface area contributed by atoms with E-state index in [1.54, 1.807) is 7.11 Å². The Hall–Kier alpha value is -3.33. The van der Waals surface area contributed by atoms with Gasteiger partial charge in [0.2, 0.25) is 0 Å². The second kappa shape index (κ2) is 7.28. The maximum absolute atomic E-state index is 5.85. The first kappa shape index (κ1) is 16.2. The molecule has 0 fully saturated rings. The molecule has 0 aliphatic carbocycles. The van der Waals surface area contributed by atoms with Crippen molar-refractivity contribution in [2.45, 2.75) is 6.61 Å². The molecule has 0 radical (unpaired) electrons. The quantitative estimate of drug-likeness (QED) is 0.481. The van der Waals surface area contributed by atoms with Crippen molar-refractivity contribution in [3.63, 3.8) is 0 Å². The first-order valence-electron chi connectivity index (χ1n) is 8.54. The lowest BCUT2D eigenvalue weighted by Crippen LogP contribution is -1.95. The fourth-order valence-electron chi connectivity index (χ4n) is 2.92. The summed E-state index contributed by atoms with van der Waals surface area (Å²) < 4.78 is 11.4. The van der Waals surface area contributed by atoms with Crippen molar-refractivity contribution in [1.29, 1.82) is 0 Å². The smallest absolute Gasteiger partial charge is 0.130 e. The average molecular weight is 341 g/mol. The molecule has 0 unspecified atom stereocenters. The number of aromatic nitrogens is 1. The van der Waals surface area contributed by atoms with Crippen molar-refractivity contribution in [1.82, 2.24) is 4.98 Å². The molecule has 0 bridgehead atoms. The van der Waals surface area contributed by atoms with Gasteiger partial charge in [-0.1, -0.05) is 42.5 Å². The van der Waals surface area contributed by atoms with Crippen LogP contribution in [0.15, 0.2) is 84.9 Å². The van der Waals surface area contributed by atoms with Crippen LogP contribution in [0, 0.1) is 0 Å². The summed E-state index contributed by atoms with van der Waals surface area (Å²) >= 11 is 0. The third kappa shape index (κ3) is 3.38. The van der Waals surface area contributed by atoms with Crippen LogP contribution in [0.5, 0.6) is 11.5 Å². The number of rotatable bonds is 5. The Morgan fingerprint density at radius 1 is 0.808 bits per heavy atom. The normalized spacial score (nSPS) is 10.7. The zero-order valence-electron chi connectivity index (χ0n) is 14.6. The minimum Gasteiger partial charge on any atom is -0.496 e. The number of hydrogen-bond donors (Lipinski definition) is 0. The van der Waals surface area contributed by atoms with Crippen molar-refractivity contribution in [2.24, 2.45) is 0 Å². The van der Waals surface area contributed by atoms with Gasteiger partial charge < -0.3 is 9.47 Å². The Morgan fingerprint density at radius 2 is 1.54 bits per heavy atom. The van der Waals surface area contributed by atoms with Crippen LogP contribution < -0.4 is 9.47 Å². The van der Waals surface area contributed by atoms with Crippen LogP contribution >= 0.6 is 0 Å². The van der Waals surface area contributed by atoms with Crippen molar-refractivity contribution in [3.05, 3.63) is 90.5 Å². The first-order chi connectivity index (χ1) is 12.8. The molecular formula is C23H19NO2. The molecular weight excluding hydrogens is 322 g/mol. The van der Waals surface area contributed by atoms with Crippen molar-refractivity contribution in [3.8, 4) is 22.8 Å². The van der Waals surface area contributed by atoms with Gasteiger partial charge in [-0.2, -0.15) is 0 Å². The number of nitrogens with zero attached hydrogens (tertiary/aromatic N) is 1. The topological polar surface area (TPSA) is 31.4 Å². The number of para-hydroxylation sites is 1. The van der Waals surface area contributed by atoms with Gasteiger partial charge in [0.15, 0.2) is 0 Å². The van der Waals surface area contributed by atoms with E-state index in [1.807, 2.05) is 72.8 Å². The number of methoxy groups -OCH3 is 1.